The van der Waals surface area contributed by atoms with Gasteiger partial charge in [-0.2, -0.15) is 9.61 Å². The molecule has 0 spiro atoms. The predicted molar refractivity (Wildman–Crippen MR) is 102 cm³/mol. The average molecular weight is 369 g/mol. The summed E-state index contributed by atoms with van der Waals surface area (Å²) in [6, 6.07) is 2.18. The Bertz CT molecular complexity index is 845. The lowest BCUT2D eigenvalue weighted by molar-refractivity contribution is -0.132. The van der Waals surface area contributed by atoms with E-state index in [0.29, 0.717) is 5.92 Å². The number of carbonyl (C=O) groups is 1. The number of piperidine rings is 2. The van der Waals surface area contributed by atoms with Crippen LogP contribution in [0.25, 0.3) is 5.65 Å². The molecule has 0 aromatic carbocycles. The van der Waals surface area contributed by atoms with Gasteiger partial charge in [0.15, 0.2) is 0 Å². The van der Waals surface area contributed by atoms with Crippen LogP contribution >= 0.6 is 0 Å². The molecular formula is C19H27N7O. The molecule has 2 N–H and O–H groups in total. The Morgan fingerprint density at radius 1 is 1.11 bits per heavy atom. The van der Waals surface area contributed by atoms with Crippen molar-refractivity contribution < 1.29 is 4.79 Å². The van der Waals surface area contributed by atoms with Crippen molar-refractivity contribution >= 4 is 17.2 Å². The summed E-state index contributed by atoms with van der Waals surface area (Å²) in [6.45, 7) is 3.57. The van der Waals surface area contributed by atoms with E-state index in [4.69, 9.17) is 5.73 Å². The van der Waals surface area contributed by atoms with Crippen LogP contribution in [0, 0.1) is 0 Å². The van der Waals surface area contributed by atoms with Crippen LogP contribution < -0.4 is 10.6 Å². The molecule has 5 rings (SSSR count). The fourth-order valence-corrected chi connectivity index (χ4v) is 4.80. The van der Waals surface area contributed by atoms with Gasteiger partial charge in [-0.15, -0.1) is 10.2 Å². The van der Waals surface area contributed by atoms with Crippen LogP contribution in [0.5, 0.6) is 0 Å². The maximum atomic E-state index is 12.5. The third-order valence-electron chi connectivity index (χ3n) is 6.61. The first kappa shape index (κ1) is 16.9. The van der Waals surface area contributed by atoms with E-state index in [1.54, 1.807) is 10.8 Å². The molecule has 2 aromatic rings. The van der Waals surface area contributed by atoms with E-state index in [1.165, 1.54) is 19.3 Å². The number of rotatable bonds is 4. The van der Waals surface area contributed by atoms with Crippen molar-refractivity contribution in [3.8, 4) is 0 Å². The summed E-state index contributed by atoms with van der Waals surface area (Å²) >= 11 is 0. The third-order valence-corrected chi connectivity index (χ3v) is 6.61. The van der Waals surface area contributed by atoms with Gasteiger partial charge in [0.1, 0.15) is 11.9 Å². The molecule has 0 unspecified atom stereocenters. The van der Waals surface area contributed by atoms with Crippen LogP contribution in [0.15, 0.2) is 12.4 Å². The molecule has 4 heterocycles. The van der Waals surface area contributed by atoms with Gasteiger partial charge in [-0.3, -0.25) is 9.69 Å². The number of fused-ring (bicyclic) bond motifs is 1. The second-order valence-electron chi connectivity index (χ2n) is 8.26. The summed E-state index contributed by atoms with van der Waals surface area (Å²) in [6.07, 6.45) is 9.20. The Kier molecular flexibility index (Phi) is 4.03. The summed E-state index contributed by atoms with van der Waals surface area (Å²) in [5, 5.41) is 13.0. The van der Waals surface area contributed by atoms with E-state index in [0.717, 1.165) is 68.9 Å². The number of primary amides is 1. The molecule has 8 heteroatoms. The summed E-state index contributed by atoms with van der Waals surface area (Å²) in [5.41, 5.74) is 8.44. The number of anilines is 1. The Labute approximate surface area is 158 Å². The minimum absolute atomic E-state index is 0.162. The van der Waals surface area contributed by atoms with Crippen molar-refractivity contribution in [1.29, 1.82) is 0 Å². The summed E-state index contributed by atoms with van der Waals surface area (Å²) in [5.74, 6) is 0.406. The predicted octanol–water partition coefficient (Wildman–Crippen LogP) is 1.31. The van der Waals surface area contributed by atoms with Crippen molar-refractivity contribution in [3.63, 3.8) is 0 Å². The topological polar surface area (TPSA) is 92.7 Å². The molecule has 0 radical (unpaired) electrons. The number of likely N-dealkylation sites (tertiary alicyclic amines) is 1. The smallest absolute Gasteiger partial charge is 0.238 e. The first-order chi connectivity index (χ1) is 13.2. The second kappa shape index (κ2) is 6.44. The number of carbonyl (C=O) groups excluding carboxylic acids is 1. The van der Waals surface area contributed by atoms with Crippen LogP contribution in [0.1, 0.15) is 56.6 Å². The van der Waals surface area contributed by atoms with Gasteiger partial charge in [-0.1, -0.05) is 6.42 Å². The molecule has 2 saturated heterocycles. The molecule has 2 aliphatic heterocycles. The highest BCUT2D eigenvalue weighted by Crippen LogP contribution is 2.41. The van der Waals surface area contributed by atoms with Gasteiger partial charge in [0.2, 0.25) is 11.6 Å². The monoisotopic (exact) mass is 369 g/mol. The van der Waals surface area contributed by atoms with Gasteiger partial charge in [-0.05, 0) is 57.7 Å². The van der Waals surface area contributed by atoms with Crippen molar-refractivity contribution in [3.05, 3.63) is 18.1 Å². The Hall–Kier alpha value is -2.22. The molecule has 1 amide bonds. The Morgan fingerprint density at radius 3 is 2.52 bits per heavy atom. The number of hydrogen-bond donors (Lipinski definition) is 1. The van der Waals surface area contributed by atoms with Crippen molar-refractivity contribution in [2.45, 2.75) is 56.4 Å². The number of nitrogens with zero attached hydrogens (tertiary/aromatic N) is 6. The average Bonchev–Trinajstić information content (AvgIpc) is 3.45. The van der Waals surface area contributed by atoms with E-state index in [1.807, 2.05) is 0 Å². The summed E-state index contributed by atoms with van der Waals surface area (Å²) in [4.78, 5) is 17.2. The molecule has 3 fully saturated rings. The van der Waals surface area contributed by atoms with Crippen molar-refractivity contribution in [1.82, 2.24) is 24.7 Å². The molecule has 2 aromatic heterocycles. The quantitative estimate of drug-likeness (QED) is 0.874. The zero-order chi connectivity index (χ0) is 18.4. The maximum absolute atomic E-state index is 12.5. The Balaban J connectivity index is 1.42. The molecular weight excluding hydrogens is 342 g/mol. The SMILES string of the molecule is NC(=O)C1(N2CCCCC2)CCN(c2cc(C3CC3)nn3cnnc23)CC1. The number of aromatic nitrogens is 4. The van der Waals surface area contributed by atoms with Gasteiger partial charge in [0.05, 0.1) is 11.4 Å². The molecule has 1 aliphatic carbocycles. The second-order valence-corrected chi connectivity index (χ2v) is 8.26. The van der Waals surface area contributed by atoms with E-state index in [-0.39, 0.29) is 5.91 Å². The molecule has 0 atom stereocenters. The molecule has 0 bridgehead atoms. The van der Waals surface area contributed by atoms with Gasteiger partial charge in [0, 0.05) is 19.0 Å². The molecule has 144 valence electrons. The summed E-state index contributed by atoms with van der Waals surface area (Å²) < 4.78 is 1.80. The largest absolute Gasteiger partial charge is 0.368 e. The number of hydrogen-bond acceptors (Lipinski definition) is 6. The first-order valence-corrected chi connectivity index (χ1v) is 10.2. The van der Waals surface area contributed by atoms with Gasteiger partial charge >= 0.3 is 0 Å². The maximum Gasteiger partial charge on any atom is 0.238 e. The fraction of sp³-hybridized carbons (Fsp3) is 0.684. The fourth-order valence-electron chi connectivity index (χ4n) is 4.80. The lowest BCUT2D eigenvalue weighted by Crippen LogP contribution is -2.63. The molecule has 8 nitrogen and oxygen atoms in total. The van der Waals surface area contributed by atoms with Crippen LogP contribution in [0.4, 0.5) is 5.69 Å². The summed E-state index contributed by atoms with van der Waals surface area (Å²) in [7, 11) is 0. The minimum atomic E-state index is -0.493. The number of amides is 1. The molecule has 3 aliphatic rings. The van der Waals surface area contributed by atoms with E-state index >= 15 is 0 Å². The van der Waals surface area contributed by atoms with E-state index in [9.17, 15) is 4.79 Å². The third kappa shape index (κ3) is 2.86. The molecule has 27 heavy (non-hydrogen) atoms. The highest BCUT2D eigenvalue weighted by atomic mass is 16.1. The highest BCUT2D eigenvalue weighted by Gasteiger charge is 2.45. The van der Waals surface area contributed by atoms with Gasteiger partial charge in [0.25, 0.3) is 0 Å². The zero-order valence-electron chi connectivity index (χ0n) is 15.7. The lowest BCUT2D eigenvalue weighted by Gasteiger charge is -2.48. The van der Waals surface area contributed by atoms with Crippen LogP contribution in [-0.4, -0.2) is 62.3 Å². The van der Waals surface area contributed by atoms with Crippen LogP contribution in [-0.2, 0) is 4.79 Å². The Morgan fingerprint density at radius 2 is 1.85 bits per heavy atom. The lowest BCUT2D eigenvalue weighted by atomic mass is 9.83. The minimum Gasteiger partial charge on any atom is -0.368 e. The van der Waals surface area contributed by atoms with Crippen LogP contribution in [0.2, 0.25) is 0 Å². The van der Waals surface area contributed by atoms with Crippen molar-refractivity contribution in [2.75, 3.05) is 31.1 Å². The van der Waals surface area contributed by atoms with Gasteiger partial charge in [-0.25, -0.2) is 0 Å². The zero-order valence-corrected chi connectivity index (χ0v) is 15.7. The van der Waals surface area contributed by atoms with Crippen molar-refractivity contribution in [2.24, 2.45) is 5.73 Å². The normalized spacial score (nSPS) is 23.6. The highest BCUT2D eigenvalue weighted by molar-refractivity contribution is 5.85. The number of nitrogens with two attached hydrogens (primary N) is 1. The first-order valence-electron chi connectivity index (χ1n) is 10.2. The van der Waals surface area contributed by atoms with E-state index in [2.05, 4.69) is 31.2 Å². The molecule has 1 saturated carbocycles. The van der Waals surface area contributed by atoms with Gasteiger partial charge < -0.3 is 10.6 Å². The van der Waals surface area contributed by atoms with Crippen LogP contribution in [0.3, 0.4) is 0 Å². The standard InChI is InChI=1S/C19H27N7O/c20-18(27)19(25-8-2-1-3-9-25)6-10-24(11-7-19)16-12-15(14-4-5-14)23-26-13-21-22-17(16)26/h12-14H,1-11H2,(H2,20,27). The van der Waals surface area contributed by atoms with E-state index < -0.39 is 5.54 Å².